The van der Waals surface area contributed by atoms with Crippen molar-refractivity contribution in [1.82, 2.24) is 0 Å². The maximum atomic E-state index is 2.45. The van der Waals surface area contributed by atoms with Crippen molar-refractivity contribution < 1.29 is 0 Å². The van der Waals surface area contributed by atoms with Crippen LogP contribution >= 0.6 is 0 Å². The Hall–Kier alpha value is -0.520. The third-order valence-corrected chi connectivity index (χ3v) is 3.13. The highest BCUT2D eigenvalue weighted by molar-refractivity contribution is 5.03. The zero-order chi connectivity index (χ0) is 8.23. The van der Waals surface area contributed by atoms with Gasteiger partial charge >= 0.3 is 0 Å². The molecule has 0 nitrogen and oxygen atoms in total. The summed E-state index contributed by atoms with van der Waals surface area (Å²) in [5.41, 5.74) is 0. The van der Waals surface area contributed by atoms with E-state index in [4.69, 9.17) is 0 Å². The minimum absolute atomic E-state index is 0.871. The van der Waals surface area contributed by atoms with Gasteiger partial charge in [-0.3, -0.25) is 0 Å². The monoisotopic (exact) mass is 162 g/mol. The normalized spacial score (nSPS) is 35.3. The number of hydrogen-bond donors (Lipinski definition) is 0. The van der Waals surface area contributed by atoms with Gasteiger partial charge in [-0.15, -0.1) is 0 Å². The van der Waals surface area contributed by atoms with E-state index in [0.717, 1.165) is 11.8 Å². The number of allylic oxidation sites excluding steroid dienone is 4. The van der Waals surface area contributed by atoms with E-state index in [2.05, 4.69) is 24.3 Å². The molecule has 66 valence electrons. The van der Waals surface area contributed by atoms with Crippen LogP contribution in [0, 0.1) is 11.8 Å². The van der Waals surface area contributed by atoms with Gasteiger partial charge in [-0.1, -0.05) is 24.3 Å². The van der Waals surface area contributed by atoms with Gasteiger partial charge in [-0.25, -0.2) is 0 Å². The summed E-state index contributed by atoms with van der Waals surface area (Å²) in [6.07, 6.45) is 17.9. The molecule has 2 aliphatic rings. The molecule has 0 saturated carbocycles. The lowest BCUT2D eigenvalue weighted by Gasteiger charge is -2.26. The van der Waals surface area contributed by atoms with Gasteiger partial charge in [-0.05, 0) is 50.4 Å². The SMILES string of the molecule is C1=C[C@H]([C@H]2C=CCCC2)CCC1. The minimum Gasteiger partial charge on any atom is -0.0882 e. The molecule has 0 spiro atoms. The number of hydrogen-bond acceptors (Lipinski definition) is 0. The minimum atomic E-state index is 0.871. The van der Waals surface area contributed by atoms with Crippen molar-refractivity contribution in [3.05, 3.63) is 24.3 Å². The molecule has 0 saturated heterocycles. The maximum absolute atomic E-state index is 2.45. The lowest BCUT2D eigenvalue weighted by Crippen LogP contribution is -2.14. The van der Waals surface area contributed by atoms with Crippen molar-refractivity contribution in [2.24, 2.45) is 11.8 Å². The topological polar surface area (TPSA) is 0 Å². The fourth-order valence-electron chi connectivity index (χ4n) is 2.39. The Balaban J connectivity index is 1.97. The summed E-state index contributed by atoms with van der Waals surface area (Å²) in [7, 11) is 0. The molecule has 0 unspecified atom stereocenters. The summed E-state index contributed by atoms with van der Waals surface area (Å²) in [6.45, 7) is 0. The van der Waals surface area contributed by atoms with Crippen LogP contribution in [0.2, 0.25) is 0 Å². The second-order valence-corrected chi connectivity index (χ2v) is 4.05. The van der Waals surface area contributed by atoms with Crippen LogP contribution in [0.1, 0.15) is 38.5 Å². The van der Waals surface area contributed by atoms with Crippen LogP contribution in [0.5, 0.6) is 0 Å². The zero-order valence-electron chi connectivity index (χ0n) is 7.71. The third-order valence-electron chi connectivity index (χ3n) is 3.13. The lowest BCUT2D eigenvalue weighted by molar-refractivity contribution is 0.382. The Labute approximate surface area is 75.4 Å². The first-order chi connectivity index (χ1) is 5.97. The first-order valence-corrected chi connectivity index (χ1v) is 5.30. The van der Waals surface area contributed by atoms with E-state index < -0.39 is 0 Å². The Morgan fingerprint density at radius 1 is 0.750 bits per heavy atom. The van der Waals surface area contributed by atoms with E-state index in [1.807, 2.05) is 0 Å². The molecule has 2 rings (SSSR count). The first kappa shape index (κ1) is 8.10. The van der Waals surface area contributed by atoms with E-state index in [-0.39, 0.29) is 0 Å². The fraction of sp³-hybridized carbons (Fsp3) is 0.667. The predicted octanol–water partition coefficient (Wildman–Crippen LogP) is 3.70. The highest BCUT2D eigenvalue weighted by atomic mass is 14.2. The van der Waals surface area contributed by atoms with E-state index >= 15 is 0 Å². The van der Waals surface area contributed by atoms with Crippen molar-refractivity contribution in [1.29, 1.82) is 0 Å². The zero-order valence-corrected chi connectivity index (χ0v) is 7.71. The van der Waals surface area contributed by atoms with Gasteiger partial charge in [0.2, 0.25) is 0 Å². The summed E-state index contributed by atoms with van der Waals surface area (Å²) < 4.78 is 0. The molecule has 0 bridgehead atoms. The van der Waals surface area contributed by atoms with E-state index in [0.29, 0.717) is 0 Å². The van der Waals surface area contributed by atoms with Crippen LogP contribution < -0.4 is 0 Å². The molecular weight excluding hydrogens is 144 g/mol. The summed E-state index contributed by atoms with van der Waals surface area (Å²) in [5, 5.41) is 0. The molecule has 0 aromatic carbocycles. The summed E-state index contributed by atoms with van der Waals surface area (Å²) in [4.78, 5) is 0. The van der Waals surface area contributed by atoms with Gasteiger partial charge in [0.05, 0.1) is 0 Å². The van der Waals surface area contributed by atoms with Gasteiger partial charge in [0, 0.05) is 0 Å². The number of rotatable bonds is 1. The molecule has 0 radical (unpaired) electrons. The van der Waals surface area contributed by atoms with E-state index in [1.54, 1.807) is 0 Å². The van der Waals surface area contributed by atoms with Crippen LogP contribution in [0.15, 0.2) is 24.3 Å². The summed E-state index contributed by atoms with van der Waals surface area (Å²) >= 11 is 0. The van der Waals surface area contributed by atoms with Crippen molar-refractivity contribution in [2.45, 2.75) is 38.5 Å². The molecule has 0 aromatic rings. The molecule has 0 aromatic heterocycles. The van der Waals surface area contributed by atoms with Crippen LogP contribution in [0.25, 0.3) is 0 Å². The highest BCUT2D eigenvalue weighted by Crippen LogP contribution is 2.31. The van der Waals surface area contributed by atoms with Crippen molar-refractivity contribution in [3.8, 4) is 0 Å². The van der Waals surface area contributed by atoms with Gasteiger partial charge in [-0.2, -0.15) is 0 Å². The average Bonchev–Trinajstić information content (AvgIpc) is 2.21. The molecule has 12 heavy (non-hydrogen) atoms. The molecule has 0 heterocycles. The highest BCUT2D eigenvalue weighted by Gasteiger charge is 2.18. The first-order valence-electron chi connectivity index (χ1n) is 5.30. The van der Waals surface area contributed by atoms with Crippen molar-refractivity contribution >= 4 is 0 Å². The molecular formula is C12H18. The van der Waals surface area contributed by atoms with Gasteiger partial charge in [0.15, 0.2) is 0 Å². The summed E-state index contributed by atoms with van der Waals surface area (Å²) in [5.74, 6) is 1.74. The fourth-order valence-corrected chi connectivity index (χ4v) is 2.39. The standard InChI is InChI=1S/C12H18/c1-3-7-11(8-4-1)12-9-5-2-6-10-12/h3,5,7,9,11-12H,1-2,4,6,8,10H2/t11-,12-/m0/s1. The molecule has 0 aliphatic heterocycles. The van der Waals surface area contributed by atoms with E-state index in [1.165, 1.54) is 38.5 Å². The predicted molar refractivity (Wildman–Crippen MR) is 53.0 cm³/mol. The Kier molecular flexibility index (Phi) is 2.65. The van der Waals surface area contributed by atoms with E-state index in [9.17, 15) is 0 Å². The third kappa shape index (κ3) is 1.80. The van der Waals surface area contributed by atoms with Gasteiger partial charge in [0.25, 0.3) is 0 Å². The lowest BCUT2D eigenvalue weighted by atomic mass is 9.79. The molecule has 0 amide bonds. The van der Waals surface area contributed by atoms with Crippen molar-refractivity contribution in [2.75, 3.05) is 0 Å². The van der Waals surface area contributed by atoms with Crippen LogP contribution in [-0.4, -0.2) is 0 Å². The van der Waals surface area contributed by atoms with Crippen LogP contribution in [0.4, 0.5) is 0 Å². The second-order valence-electron chi connectivity index (χ2n) is 4.05. The average molecular weight is 162 g/mol. The van der Waals surface area contributed by atoms with Crippen LogP contribution in [-0.2, 0) is 0 Å². The Morgan fingerprint density at radius 3 is 1.58 bits per heavy atom. The van der Waals surface area contributed by atoms with Gasteiger partial charge in [0.1, 0.15) is 0 Å². The molecule has 2 atom stereocenters. The Bertz CT molecular complexity index is 166. The van der Waals surface area contributed by atoms with Gasteiger partial charge < -0.3 is 0 Å². The maximum Gasteiger partial charge on any atom is -0.0170 e. The second kappa shape index (κ2) is 3.93. The quantitative estimate of drug-likeness (QED) is 0.516. The molecule has 0 heteroatoms. The Morgan fingerprint density at radius 2 is 1.25 bits per heavy atom. The molecule has 0 N–H and O–H groups in total. The smallest absolute Gasteiger partial charge is 0.0170 e. The van der Waals surface area contributed by atoms with Crippen LogP contribution in [0.3, 0.4) is 0 Å². The molecule has 0 fully saturated rings. The molecule has 2 aliphatic carbocycles. The largest absolute Gasteiger partial charge is 0.0882 e. The summed E-state index contributed by atoms with van der Waals surface area (Å²) in [6, 6.07) is 0. The van der Waals surface area contributed by atoms with Crippen molar-refractivity contribution in [3.63, 3.8) is 0 Å².